The van der Waals surface area contributed by atoms with Crippen molar-refractivity contribution < 1.29 is 4.79 Å². The number of nitrogens with zero attached hydrogens (tertiary/aromatic N) is 1. The molecule has 2 N–H and O–H groups in total. The third-order valence-corrected chi connectivity index (χ3v) is 2.28. The molecule has 0 spiro atoms. The van der Waals surface area contributed by atoms with Crippen LogP contribution in [0.15, 0.2) is 24.3 Å². The number of urea groups is 1. The van der Waals surface area contributed by atoms with Gasteiger partial charge in [0.2, 0.25) is 0 Å². The Labute approximate surface area is 100 Å². The zero-order valence-corrected chi connectivity index (χ0v) is 9.79. The largest absolute Gasteiger partial charge is 0.351 e. The van der Waals surface area contributed by atoms with Gasteiger partial charge in [0.15, 0.2) is 0 Å². The van der Waals surface area contributed by atoms with Crippen molar-refractivity contribution in [2.75, 3.05) is 13.6 Å². The maximum atomic E-state index is 10.7. The van der Waals surface area contributed by atoms with E-state index in [9.17, 15) is 4.79 Å². The fourth-order valence-corrected chi connectivity index (χ4v) is 1.16. The van der Waals surface area contributed by atoms with Crippen LogP contribution in [0, 0.1) is 11.8 Å². The topological polar surface area (TPSA) is 46.3 Å². The summed E-state index contributed by atoms with van der Waals surface area (Å²) in [4.78, 5) is 12.1. The Morgan fingerprint density at radius 1 is 1.44 bits per heavy atom. The van der Waals surface area contributed by atoms with Crippen LogP contribution in [0.2, 0.25) is 5.02 Å². The summed E-state index contributed by atoms with van der Waals surface area (Å²) < 4.78 is 0. The monoisotopic (exact) mass is 236 g/mol. The van der Waals surface area contributed by atoms with Crippen molar-refractivity contribution in [3.05, 3.63) is 34.9 Å². The Bertz CT molecular complexity index is 417. The zero-order chi connectivity index (χ0) is 12.0. The molecular formula is C12H13ClN2O. The fourth-order valence-electron chi connectivity index (χ4n) is 1.03. The maximum absolute atomic E-state index is 10.7. The second-order valence-corrected chi connectivity index (χ2v) is 3.75. The van der Waals surface area contributed by atoms with Crippen molar-refractivity contribution in [3.8, 4) is 11.8 Å². The second-order valence-electron chi connectivity index (χ2n) is 3.32. The molecule has 0 aliphatic rings. The van der Waals surface area contributed by atoms with Crippen LogP contribution in [-0.2, 0) is 0 Å². The molecule has 1 aromatic rings. The SMILES string of the molecule is CN(CCC#Cc1ccc(Cl)cc1)C(N)=O. The van der Waals surface area contributed by atoms with Crippen LogP contribution < -0.4 is 5.73 Å². The van der Waals surface area contributed by atoms with E-state index in [0.717, 1.165) is 5.56 Å². The van der Waals surface area contributed by atoms with E-state index in [1.165, 1.54) is 4.90 Å². The average molecular weight is 237 g/mol. The molecule has 1 aromatic carbocycles. The summed E-state index contributed by atoms with van der Waals surface area (Å²) in [6, 6.07) is 6.86. The predicted octanol–water partition coefficient (Wildman–Crippen LogP) is 2.09. The lowest BCUT2D eigenvalue weighted by atomic mass is 10.2. The van der Waals surface area contributed by atoms with Gasteiger partial charge in [0.1, 0.15) is 0 Å². The number of halogens is 1. The van der Waals surface area contributed by atoms with Crippen molar-refractivity contribution in [1.82, 2.24) is 4.90 Å². The quantitative estimate of drug-likeness (QED) is 0.786. The summed E-state index contributed by atoms with van der Waals surface area (Å²) in [7, 11) is 1.65. The molecule has 84 valence electrons. The highest BCUT2D eigenvalue weighted by atomic mass is 35.5. The van der Waals surface area contributed by atoms with Crippen LogP contribution in [0.1, 0.15) is 12.0 Å². The molecule has 3 nitrogen and oxygen atoms in total. The first-order chi connectivity index (χ1) is 7.59. The summed E-state index contributed by atoms with van der Waals surface area (Å²) in [5.41, 5.74) is 5.98. The lowest BCUT2D eigenvalue weighted by Gasteiger charge is -2.10. The van der Waals surface area contributed by atoms with Gasteiger partial charge >= 0.3 is 6.03 Å². The molecule has 0 atom stereocenters. The standard InChI is InChI=1S/C12H13ClN2O/c1-15(12(14)16)9-3-2-4-10-5-7-11(13)8-6-10/h5-8H,3,9H2,1H3,(H2,14,16). The highest BCUT2D eigenvalue weighted by Crippen LogP contribution is 2.08. The Hall–Kier alpha value is -1.66. The summed E-state index contributed by atoms with van der Waals surface area (Å²) in [5, 5.41) is 0.694. The fraction of sp³-hybridized carbons (Fsp3) is 0.250. The Kier molecular flexibility index (Phi) is 4.68. The summed E-state index contributed by atoms with van der Waals surface area (Å²) in [6.45, 7) is 0.538. The van der Waals surface area contributed by atoms with Crippen molar-refractivity contribution in [3.63, 3.8) is 0 Å². The smallest absolute Gasteiger partial charge is 0.314 e. The Morgan fingerprint density at radius 2 is 2.06 bits per heavy atom. The van der Waals surface area contributed by atoms with Crippen LogP contribution in [-0.4, -0.2) is 24.5 Å². The lowest BCUT2D eigenvalue weighted by molar-refractivity contribution is 0.219. The number of carbonyl (C=O) groups is 1. The molecular weight excluding hydrogens is 224 g/mol. The van der Waals surface area contributed by atoms with E-state index in [-0.39, 0.29) is 0 Å². The van der Waals surface area contributed by atoms with Crippen molar-refractivity contribution in [2.24, 2.45) is 5.73 Å². The maximum Gasteiger partial charge on any atom is 0.314 e. The lowest BCUT2D eigenvalue weighted by Crippen LogP contribution is -2.32. The van der Waals surface area contributed by atoms with E-state index in [4.69, 9.17) is 17.3 Å². The minimum atomic E-state index is -0.437. The molecule has 0 saturated carbocycles. The van der Waals surface area contributed by atoms with Crippen LogP contribution >= 0.6 is 11.6 Å². The minimum Gasteiger partial charge on any atom is -0.351 e. The molecule has 16 heavy (non-hydrogen) atoms. The minimum absolute atomic E-state index is 0.437. The van der Waals surface area contributed by atoms with Gasteiger partial charge in [-0.2, -0.15) is 0 Å². The van der Waals surface area contributed by atoms with Crippen LogP contribution in [0.5, 0.6) is 0 Å². The number of carbonyl (C=O) groups excluding carboxylic acids is 1. The van der Waals surface area contributed by atoms with Gasteiger partial charge in [-0.1, -0.05) is 23.4 Å². The predicted molar refractivity (Wildman–Crippen MR) is 65.2 cm³/mol. The van der Waals surface area contributed by atoms with Gasteiger partial charge in [0.25, 0.3) is 0 Å². The summed E-state index contributed by atoms with van der Waals surface area (Å²) in [6.07, 6.45) is 0.599. The van der Waals surface area contributed by atoms with Crippen molar-refractivity contribution >= 4 is 17.6 Å². The second kappa shape index (κ2) is 6.04. The zero-order valence-electron chi connectivity index (χ0n) is 9.03. The number of rotatable bonds is 2. The van der Waals surface area contributed by atoms with E-state index >= 15 is 0 Å². The van der Waals surface area contributed by atoms with E-state index < -0.39 is 6.03 Å². The third kappa shape index (κ3) is 4.24. The summed E-state index contributed by atoms with van der Waals surface area (Å²) in [5.74, 6) is 5.94. The molecule has 0 aromatic heterocycles. The molecule has 4 heteroatoms. The molecule has 0 bridgehead atoms. The van der Waals surface area contributed by atoms with Gasteiger partial charge in [-0.3, -0.25) is 0 Å². The van der Waals surface area contributed by atoms with Gasteiger partial charge < -0.3 is 10.6 Å². The Balaban J connectivity index is 2.44. The van der Waals surface area contributed by atoms with Crippen LogP contribution in [0.4, 0.5) is 4.79 Å². The molecule has 1 rings (SSSR count). The average Bonchev–Trinajstić information content (AvgIpc) is 2.26. The van der Waals surface area contributed by atoms with Crippen molar-refractivity contribution in [2.45, 2.75) is 6.42 Å². The number of benzene rings is 1. The van der Waals surface area contributed by atoms with Gasteiger partial charge in [0, 0.05) is 30.6 Å². The number of nitrogens with two attached hydrogens (primary N) is 1. The first-order valence-corrected chi connectivity index (χ1v) is 5.22. The molecule has 0 saturated heterocycles. The molecule has 0 fully saturated rings. The van der Waals surface area contributed by atoms with Gasteiger partial charge in [0.05, 0.1) is 0 Å². The third-order valence-electron chi connectivity index (χ3n) is 2.03. The van der Waals surface area contributed by atoms with Crippen LogP contribution in [0.25, 0.3) is 0 Å². The molecule has 0 radical (unpaired) electrons. The van der Waals surface area contributed by atoms with E-state index in [2.05, 4.69) is 11.8 Å². The normalized spacial score (nSPS) is 9.12. The highest BCUT2D eigenvalue weighted by Gasteiger charge is 1.99. The highest BCUT2D eigenvalue weighted by molar-refractivity contribution is 6.30. The van der Waals surface area contributed by atoms with E-state index in [1.54, 1.807) is 19.2 Å². The number of hydrogen-bond acceptors (Lipinski definition) is 1. The number of hydrogen-bond donors (Lipinski definition) is 1. The molecule has 0 aliphatic heterocycles. The van der Waals surface area contributed by atoms with E-state index in [0.29, 0.717) is 18.0 Å². The van der Waals surface area contributed by atoms with Crippen LogP contribution in [0.3, 0.4) is 0 Å². The number of primary amides is 1. The molecule has 0 aliphatic carbocycles. The summed E-state index contributed by atoms with van der Waals surface area (Å²) >= 11 is 5.74. The van der Waals surface area contributed by atoms with Gasteiger partial charge in [-0.25, -0.2) is 4.79 Å². The Morgan fingerprint density at radius 3 is 2.62 bits per heavy atom. The van der Waals surface area contributed by atoms with Gasteiger partial charge in [-0.05, 0) is 24.3 Å². The molecule has 2 amide bonds. The van der Waals surface area contributed by atoms with Gasteiger partial charge in [-0.15, -0.1) is 0 Å². The molecule has 0 heterocycles. The van der Waals surface area contributed by atoms with E-state index in [1.807, 2.05) is 12.1 Å². The first-order valence-electron chi connectivity index (χ1n) is 4.84. The molecule has 0 unspecified atom stereocenters. The van der Waals surface area contributed by atoms with Crippen molar-refractivity contribution in [1.29, 1.82) is 0 Å². The number of amides is 2. The first kappa shape index (κ1) is 12.4.